The maximum Gasteiger partial charge on any atom is 0.416 e. The number of nitrogens with zero attached hydrogens (tertiary/aromatic N) is 1. The molecule has 0 unspecified atom stereocenters. The monoisotopic (exact) mass is 282 g/mol. The smallest absolute Gasteiger partial charge is 0.357 e. The van der Waals surface area contributed by atoms with Crippen molar-refractivity contribution in [2.24, 2.45) is 7.05 Å². The predicted molar refractivity (Wildman–Crippen MR) is 69.2 cm³/mol. The molecule has 0 spiro atoms. The zero-order chi connectivity index (χ0) is 14.8. The van der Waals surface area contributed by atoms with E-state index < -0.39 is 11.7 Å². The molecule has 20 heavy (non-hydrogen) atoms. The van der Waals surface area contributed by atoms with Crippen molar-refractivity contribution in [3.05, 3.63) is 53.9 Å². The van der Waals surface area contributed by atoms with Crippen LogP contribution in [0.25, 0.3) is 0 Å². The summed E-state index contributed by atoms with van der Waals surface area (Å²) in [6, 6.07) is 6.36. The highest BCUT2D eigenvalue weighted by Gasteiger charge is 2.30. The summed E-state index contributed by atoms with van der Waals surface area (Å²) < 4.78 is 39.4. The molecule has 0 fully saturated rings. The summed E-state index contributed by atoms with van der Waals surface area (Å²) in [7, 11) is 1.83. The average molecular weight is 282 g/mol. The third-order valence-electron chi connectivity index (χ3n) is 2.73. The number of aromatic nitrogens is 1. The minimum Gasteiger partial charge on any atom is -0.357 e. The van der Waals surface area contributed by atoms with E-state index in [9.17, 15) is 18.0 Å². The van der Waals surface area contributed by atoms with Gasteiger partial charge in [-0.15, -0.1) is 0 Å². The van der Waals surface area contributed by atoms with Crippen LogP contribution in [0.3, 0.4) is 0 Å². The van der Waals surface area contributed by atoms with Gasteiger partial charge in [-0.1, -0.05) is 6.07 Å². The molecular formula is C14H13F3N2O. The summed E-state index contributed by atoms with van der Waals surface area (Å²) in [5.74, 6) is -0.351. The van der Waals surface area contributed by atoms with Gasteiger partial charge in [0.05, 0.1) is 12.0 Å². The normalized spacial score (nSPS) is 11.4. The number of amides is 1. The Bertz CT molecular complexity index is 617. The fourth-order valence-corrected chi connectivity index (χ4v) is 1.83. The first-order valence-corrected chi connectivity index (χ1v) is 5.92. The van der Waals surface area contributed by atoms with Crippen LogP contribution in [0, 0.1) is 0 Å². The van der Waals surface area contributed by atoms with Crippen LogP contribution < -0.4 is 5.32 Å². The van der Waals surface area contributed by atoms with E-state index in [4.69, 9.17) is 0 Å². The highest BCUT2D eigenvalue weighted by Crippen LogP contribution is 2.30. The van der Waals surface area contributed by atoms with Crippen molar-refractivity contribution in [2.75, 3.05) is 5.32 Å². The molecule has 0 saturated heterocycles. The minimum absolute atomic E-state index is 0.122. The number of anilines is 1. The van der Waals surface area contributed by atoms with Gasteiger partial charge in [0, 0.05) is 25.1 Å². The van der Waals surface area contributed by atoms with E-state index in [1.165, 1.54) is 12.1 Å². The molecule has 1 heterocycles. The molecule has 0 radical (unpaired) electrons. The highest BCUT2D eigenvalue weighted by molar-refractivity contribution is 5.92. The first kappa shape index (κ1) is 14.2. The summed E-state index contributed by atoms with van der Waals surface area (Å²) >= 11 is 0. The highest BCUT2D eigenvalue weighted by atomic mass is 19.4. The second kappa shape index (κ2) is 5.40. The standard InChI is InChI=1S/C14H13F3N2O/c1-19-6-5-10(9-19)7-13(20)18-12-4-2-3-11(8-12)14(15,16)17/h2-6,8-9H,7H2,1H3,(H,18,20). The molecule has 2 aromatic rings. The molecule has 106 valence electrons. The average Bonchev–Trinajstić information content (AvgIpc) is 2.73. The van der Waals surface area contributed by atoms with E-state index >= 15 is 0 Å². The Labute approximate surface area is 114 Å². The number of alkyl halides is 3. The maximum atomic E-state index is 12.5. The van der Waals surface area contributed by atoms with Crippen molar-refractivity contribution in [1.82, 2.24) is 4.57 Å². The van der Waals surface area contributed by atoms with E-state index in [0.29, 0.717) is 0 Å². The largest absolute Gasteiger partial charge is 0.416 e. The lowest BCUT2D eigenvalue weighted by Gasteiger charge is -2.09. The van der Waals surface area contributed by atoms with Crippen molar-refractivity contribution in [3.63, 3.8) is 0 Å². The Hall–Kier alpha value is -2.24. The summed E-state index contributed by atoms with van der Waals surface area (Å²) in [6.45, 7) is 0. The van der Waals surface area contributed by atoms with Crippen molar-refractivity contribution in [1.29, 1.82) is 0 Å². The summed E-state index contributed by atoms with van der Waals surface area (Å²) in [6.07, 6.45) is -0.712. The predicted octanol–water partition coefficient (Wildman–Crippen LogP) is 3.23. The topological polar surface area (TPSA) is 34.0 Å². The number of carbonyl (C=O) groups is 1. The number of benzene rings is 1. The van der Waals surface area contributed by atoms with Crippen LogP contribution in [0.1, 0.15) is 11.1 Å². The van der Waals surface area contributed by atoms with Gasteiger partial charge in [0.1, 0.15) is 0 Å². The second-order valence-corrected chi connectivity index (χ2v) is 4.49. The molecule has 0 aliphatic carbocycles. The molecule has 1 aromatic carbocycles. The second-order valence-electron chi connectivity index (χ2n) is 4.49. The molecule has 3 nitrogen and oxygen atoms in total. The van der Waals surface area contributed by atoms with Crippen LogP contribution in [-0.2, 0) is 24.4 Å². The number of hydrogen-bond acceptors (Lipinski definition) is 1. The molecule has 6 heteroatoms. The molecule has 0 aliphatic heterocycles. The molecule has 2 rings (SSSR count). The molecular weight excluding hydrogens is 269 g/mol. The Morgan fingerprint density at radius 1 is 1.30 bits per heavy atom. The number of carbonyl (C=O) groups excluding carboxylic acids is 1. The van der Waals surface area contributed by atoms with Gasteiger partial charge in [0.15, 0.2) is 0 Å². The van der Waals surface area contributed by atoms with Crippen LogP contribution in [0.2, 0.25) is 0 Å². The van der Waals surface area contributed by atoms with Crippen molar-refractivity contribution in [3.8, 4) is 0 Å². The lowest BCUT2D eigenvalue weighted by molar-refractivity contribution is -0.137. The fraction of sp³-hybridized carbons (Fsp3) is 0.214. The zero-order valence-corrected chi connectivity index (χ0v) is 10.7. The number of nitrogens with one attached hydrogen (secondary N) is 1. The Morgan fingerprint density at radius 3 is 2.65 bits per heavy atom. The van der Waals surface area contributed by atoms with Gasteiger partial charge in [0.25, 0.3) is 0 Å². The number of halogens is 3. The summed E-state index contributed by atoms with van der Waals surface area (Å²) in [5.41, 5.74) is 0.160. The lowest BCUT2D eigenvalue weighted by Crippen LogP contribution is -2.15. The Balaban J connectivity index is 2.04. The van der Waals surface area contributed by atoms with E-state index in [-0.39, 0.29) is 18.0 Å². The van der Waals surface area contributed by atoms with Crippen LogP contribution in [0.5, 0.6) is 0 Å². The van der Waals surface area contributed by atoms with Crippen LogP contribution in [-0.4, -0.2) is 10.5 Å². The Kier molecular flexibility index (Phi) is 3.83. The van der Waals surface area contributed by atoms with Crippen molar-refractivity contribution < 1.29 is 18.0 Å². The number of aryl methyl sites for hydroxylation is 1. The minimum atomic E-state index is -4.42. The molecule has 0 aliphatic rings. The van der Waals surface area contributed by atoms with Gasteiger partial charge < -0.3 is 9.88 Å². The SMILES string of the molecule is Cn1ccc(CC(=O)Nc2cccc(C(F)(F)F)c2)c1. The third kappa shape index (κ3) is 3.63. The van der Waals surface area contributed by atoms with Gasteiger partial charge in [-0.25, -0.2) is 0 Å². The lowest BCUT2D eigenvalue weighted by atomic mass is 10.2. The summed E-state index contributed by atoms with van der Waals surface area (Å²) in [5, 5.41) is 2.46. The zero-order valence-electron chi connectivity index (χ0n) is 10.7. The molecule has 1 N–H and O–H groups in total. The number of hydrogen-bond donors (Lipinski definition) is 1. The van der Waals surface area contributed by atoms with E-state index in [2.05, 4.69) is 5.32 Å². The van der Waals surface area contributed by atoms with E-state index in [0.717, 1.165) is 17.7 Å². The van der Waals surface area contributed by atoms with Crippen molar-refractivity contribution in [2.45, 2.75) is 12.6 Å². The first-order chi connectivity index (χ1) is 9.34. The van der Waals surface area contributed by atoms with Crippen molar-refractivity contribution >= 4 is 11.6 Å². The van der Waals surface area contributed by atoms with Crippen LogP contribution >= 0.6 is 0 Å². The van der Waals surface area contributed by atoms with E-state index in [1.807, 2.05) is 7.05 Å². The molecule has 1 amide bonds. The Morgan fingerprint density at radius 2 is 2.05 bits per heavy atom. The summed E-state index contributed by atoms with van der Waals surface area (Å²) in [4.78, 5) is 11.8. The maximum absolute atomic E-state index is 12.5. The molecule has 0 saturated carbocycles. The van der Waals surface area contributed by atoms with E-state index in [1.54, 1.807) is 23.0 Å². The van der Waals surface area contributed by atoms with Gasteiger partial charge >= 0.3 is 6.18 Å². The van der Waals surface area contributed by atoms with Crippen LogP contribution in [0.15, 0.2) is 42.7 Å². The molecule has 0 bridgehead atoms. The first-order valence-electron chi connectivity index (χ1n) is 5.92. The van der Waals surface area contributed by atoms with Gasteiger partial charge in [0.2, 0.25) is 5.91 Å². The quantitative estimate of drug-likeness (QED) is 0.921. The van der Waals surface area contributed by atoms with Gasteiger partial charge in [-0.05, 0) is 29.8 Å². The molecule has 0 atom stereocenters. The van der Waals surface area contributed by atoms with Crippen LogP contribution in [0.4, 0.5) is 18.9 Å². The number of rotatable bonds is 3. The fourth-order valence-electron chi connectivity index (χ4n) is 1.83. The van der Waals surface area contributed by atoms with Gasteiger partial charge in [-0.3, -0.25) is 4.79 Å². The third-order valence-corrected chi connectivity index (χ3v) is 2.73. The molecule has 1 aromatic heterocycles. The van der Waals surface area contributed by atoms with Gasteiger partial charge in [-0.2, -0.15) is 13.2 Å².